The number of pyridine rings is 1. The van der Waals surface area contributed by atoms with Gasteiger partial charge in [0.15, 0.2) is 5.96 Å². The number of furan rings is 1. The van der Waals surface area contributed by atoms with Crippen LogP contribution in [0.4, 0.5) is 0 Å². The summed E-state index contributed by atoms with van der Waals surface area (Å²) in [7, 11) is 0. The van der Waals surface area contributed by atoms with Crippen molar-refractivity contribution in [1.82, 2.24) is 20.0 Å². The summed E-state index contributed by atoms with van der Waals surface area (Å²) in [6, 6.07) is 9.45. The van der Waals surface area contributed by atoms with Gasteiger partial charge in [0.05, 0.1) is 18.5 Å². The van der Waals surface area contributed by atoms with Gasteiger partial charge in [-0.15, -0.1) is 0 Å². The smallest absolute Gasteiger partial charge is 0.191 e. The van der Waals surface area contributed by atoms with Crippen molar-refractivity contribution in [3.8, 4) is 0 Å². The number of aliphatic hydroxyl groups is 1. The molecule has 3 heterocycles. The second-order valence-electron chi connectivity index (χ2n) is 6.32. The van der Waals surface area contributed by atoms with Crippen molar-refractivity contribution in [2.45, 2.75) is 25.9 Å². The Labute approximate surface area is 152 Å². The van der Waals surface area contributed by atoms with E-state index in [1.54, 1.807) is 25.3 Å². The molecule has 3 aromatic heterocycles. The van der Waals surface area contributed by atoms with Crippen LogP contribution in [-0.2, 0) is 12.0 Å². The molecule has 0 aliphatic carbocycles. The molecule has 0 fully saturated rings. The molecule has 7 nitrogen and oxygen atoms in total. The second-order valence-corrected chi connectivity index (χ2v) is 6.32. The van der Waals surface area contributed by atoms with Gasteiger partial charge in [-0.1, -0.05) is 6.07 Å². The number of aromatic nitrogens is 2. The van der Waals surface area contributed by atoms with Gasteiger partial charge in [-0.3, -0.25) is 0 Å². The fraction of sp³-hybridized carbons (Fsp3) is 0.368. The number of imidazole rings is 1. The number of hydrogen-bond donors (Lipinski definition) is 3. The van der Waals surface area contributed by atoms with E-state index in [4.69, 9.17) is 4.42 Å². The lowest BCUT2D eigenvalue weighted by molar-refractivity contribution is 0.0437. The summed E-state index contributed by atoms with van der Waals surface area (Å²) in [6.07, 6.45) is 6.34. The Morgan fingerprint density at radius 3 is 2.92 bits per heavy atom. The molecule has 0 saturated carbocycles. The molecule has 1 unspecified atom stereocenters. The molecule has 0 amide bonds. The fourth-order valence-corrected chi connectivity index (χ4v) is 2.65. The molecule has 0 aliphatic heterocycles. The lowest BCUT2D eigenvalue weighted by Gasteiger charge is -2.19. The van der Waals surface area contributed by atoms with Crippen molar-refractivity contribution in [2.24, 2.45) is 4.99 Å². The summed E-state index contributed by atoms with van der Waals surface area (Å²) < 4.78 is 7.30. The SMILES string of the molecule is CCNC(=NCC(C)(O)c1ccco1)NCCc1cn2ccccc2n1. The molecule has 7 heteroatoms. The zero-order valence-electron chi connectivity index (χ0n) is 15.1. The van der Waals surface area contributed by atoms with E-state index in [0.717, 1.165) is 24.3 Å². The molecular weight excluding hydrogens is 330 g/mol. The van der Waals surface area contributed by atoms with E-state index in [0.29, 0.717) is 18.3 Å². The van der Waals surface area contributed by atoms with E-state index in [-0.39, 0.29) is 6.54 Å². The molecule has 0 radical (unpaired) electrons. The first kappa shape index (κ1) is 18.0. The molecule has 0 aromatic carbocycles. The summed E-state index contributed by atoms with van der Waals surface area (Å²) in [4.78, 5) is 9.06. The van der Waals surface area contributed by atoms with Crippen molar-refractivity contribution in [2.75, 3.05) is 19.6 Å². The highest BCUT2D eigenvalue weighted by molar-refractivity contribution is 5.79. The minimum Gasteiger partial charge on any atom is -0.466 e. The topological polar surface area (TPSA) is 87.1 Å². The lowest BCUT2D eigenvalue weighted by Crippen LogP contribution is -2.39. The Bertz CT molecular complexity index is 819. The van der Waals surface area contributed by atoms with Gasteiger partial charge in [0.25, 0.3) is 0 Å². The van der Waals surface area contributed by atoms with E-state index in [9.17, 15) is 5.11 Å². The van der Waals surface area contributed by atoms with Crippen LogP contribution in [0.5, 0.6) is 0 Å². The van der Waals surface area contributed by atoms with Crippen LogP contribution < -0.4 is 10.6 Å². The summed E-state index contributed by atoms with van der Waals surface area (Å²) in [5.74, 6) is 1.16. The lowest BCUT2D eigenvalue weighted by atomic mass is 10.0. The predicted molar refractivity (Wildman–Crippen MR) is 101 cm³/mol. The average molecular weight is 355 g/mol. The Morgan fingerprint density at radius 1 is 1.31 bits per heavy atom. The van der Waals surface area contributed by atoms with Gasteiger partial charge in [0.2, 0.25) is 0 Å². The van der Waals surface area contributed by atoms with E-state index in [1.807, 2.05) is 41.9 Å². The summed E-state index contributed by atoms with van der Waals surface area (Å²) in [5.41, 5.74) is 0.813. The third-order valence-electron chi connectivity index (χ3n) is 4.03. The molecule has 26 heavy (non-hydrogen) atoms. The maximum Gasteiger partial charge on any atom is 0.191 e. The van der Waals surface area contributed by atoms with Gasteiger partial charge >= 0.3 is 0 Å². The highest BCUT2D eigenvalue weighted by atomic mass is 16.4. The molecular formula is C19H25N5O2. The van der Waals surface area contributed by atoms with E-state index in [2.05, 4.69) is 20.6 Å². The van der Waals surface area contributed by atoms with E-state index in [1.165, 1.54) is 0 Å². The maximum absolute atomic E-state index is 10.5. The fourth-order valence-electron chi connectivity index (χ4n) is 2.65. The first-order valence-corrected chi connectivity index (χ1v) is 8.79. The van der Waals surface area contributed by atoms with Gasteiger partial charge < -0.3 is 24.6 Å². The van der Waals surface area contributed by atoms with Gasteiger partial charge in [-0.05, 0) is 38.1 Å². The van der Waals surface area contributed by atoms with Crippen LogP contribution in [0.15, 0.2) is 58.4 Å². The van der Waals surface area contributed by atoms with Crippen molar-refractivity contribution >= 4 is 11.6 Å². The van der Waals surface area contributed by atoms with Crippen LogP contribution in [-0.4, -0.2) is 40.1 Å². The van der Waals surface area contributed by atoms with Crippen molar-refractivity contribution in [3.05, 3.63) is 60.4 Å². The Morgan fingerprint density at radius 2 is 2.19 bits per heavy atom. The van der Waals surface area contributed by atoms with Crippen LogP contribution in [0.3, 0.4) is 0 Å². The molecule has 3 rings (SSSR count). The normalized spacial score (nSPS) is 14.3. The monoisotopic (exact) mass is 355 g/mol. The van der Waals surface area contributed by atoms with Gasteiger partial charge in [0.1, 0.15) is 17.0 Å². The number of hydrogen-bond acceptors (Lipinski definition) is 4. The Hall–Kier alpha value is -2.80. The van der Waals surface area contributed by atoms with Crippen molar-refractivity contribution in [3.63, 3.8) is 0 Å². The van der Waals surface area contributed by atoms with Crippen LogP contribution in [0.1, 0.15) is 25.3 Å². The van der Waals surface area contributed by atoms with Gasteiger partial charge in [-0.25, -0.2) is 9.98 Å². The molecule has 0 saturated heterocycles. The molecule has 0 aliphatic rings. The summed E-state index contributed by atoms with van der Waals surface area (Å²) in [6.45, 7) is 5.32. The third-order valence-corrected chi connectivity index (χ3v) is 4.03. The minimum atomic E-state index is -1.15. The van der Waals surface area contributed by atoms with Crippen molar-refractivity contribution < 1.29 is 9.52 Å². The molecule has 3 aromatic rings. The number of nitrogens with zero attached hydrogens (tertiary/aromatic N) is 3. The second kappa shape index (κ2) is 8.05. The standard InChI is InChI=1S/C19H25N5O2/c1-3-20-18(22-14-19(2,25)16-7-6-12-26-16)21-10-9-15-13-24-11-5-4-8-17(24)23-15/h4-8,11-13,25H,3,9-10,14H2,1-2H3,(H2,20,21,22). The number of aliphatic imine (C=N–C) groups is 1. The van der Waals surface area contributed by atoms with E-state index >= 15 is 0 Å². The summed E-state index contributed by atoms with van der Waals surface area (Å²) in [5, 5.41) is 17.0. The first-order valence-electron chi connectivity index (χ1n) is 8.79. The van der Waals surface area contributed by atoms with Crippen molar-refractivity contribution in [1.29, 1.82) is 0 Å². The first-order chi connectivity index (χ1) is 12.6. The van der Waals surface area contributed by atoms with Crippen LogP contribution in [0.25, 0.3) is 5.65 Å². The molecule has 1 atom stereocenters. The zero-order chi connectivity index (χ0) is 18.4. The number of nitrogens with one attached hydrogen (secondary N) is 2. The van der Waals surface area contributed by atoms with Gasteiger partial charge in [-0.2, -0.15) is 0 Å². The number of fused-ring (bicyclic) bond motifs is 1. The number of guanidine groups is 1. The Kier molecular flexibility index (Phi) is 5.58. The molecule has 0 spiro atoms. The third kappa shape index (κ3) is 4.43. The minimum absolute atomic E-state index is 0.199. The van der Waals surface area contributed by atoms with Gasteiger partial charge in [0, 0.05) is 31.9 Å². The molecule has 0 bridgehead atoms. The highest BCUT2D eigenvalue weighted by Gasteiger charge is 2.26. The maximum atomic E-state index is 10.5. The Balaban J connectivity index is 1.57. The van der Waals surface area contributed by atoms with E-state index < -0.39 is 5.60 Å². The predicted octanol–water partition coefficient (Wildman–Crippen LogP) is 1.93. The molecule has 138 valence electrons. The quantitative estimate of drug-likeness (QED) is 0.445. The van der Waals surface area contributed by atoms with Crippen LogP contribution in [0, 0.1) is 0 Å². The zero-order valence-corrected chi connectivity index (χ0v) is 15.1. The van der Waals surface area contributed by atoms with Crippen LogP contribution >= 0.6 is 0 Å². The highest BCUT2D eigenvalue weighted by Crippen LogP contribution is 2.20. The largest absolute Gasteiger partial charge is 0.466 e. The molecule has 3 N–H and O–H groups in total. The average Bonchev–Trinajstić information content (AvgIpc) is 3.29. The number of rotatable bonds is 7. The summed E-state index contributed by atoms with van der Waals surface area (Å²) >= 11 is 0. The van der Waals surface area contributed by atoms with Crippen LogP contribution in [0.2, 0.25) is 0 Å².